The van der Waals surface area contributed by atoms with E-state index in [4.69, 9.17) is 0 Å². The number of fused-ring (bicyclic) bond motifs is 1. The summed E-state index contributed by atoms with van der Waals surface area (Å²) in [6, 6.07) is 1.91. The molecule has 1 amide bonds. The highest BCUT2D eigenvalue weighted by Crippen LogP contribution is 2.24. The molecule has 3 heterocycles. The average Bonchev–Trinajstić information content (AvgIpc) is 3.33. The van der Waals surface area contributed by atoms with Gasteiger partial charge in [0.1, 0.15) is 5.65 Å². The van der Waals surface area contributed by atoms with Crippen LogP contribution < -0.4 is 16.2 Å². The van der Waals surface area contributed by atoms with E-state index in [0.717, 1.165) is 31.4 Å². The fourth-order valence-corrected chi connectivity index (χ4v) is 3.38. The first kappa shape index (κ1) is 17.8. The van der Waals surface area contributed by atoms with Gasteiger partial charge in [-0.25, -0.2) is 0 Å². The Bertz CT molecular complexity index is 981. The first-order valence-corrected chi connectivity index (χ1v) is 9.52. The summed E-state index contributed by atoms with van der Waals surface area (Å²) in [4.78, 5) is 25.5. The minimum atomic E-state index is -0.587. The summed E-state index contributed by atoms with van der Waals surface area (Å²) in [5.41, 5.74) is 1.38. The molecular weight excluding hydrogens is 346 g/mol. The largest absolute Gasteiger partial charge is 0.494 e. The number of aromatic hydroxyl groups is 1. The Morgan fingerprint density at radius 2 is 2.22 bits per heavy atom. The highest BCUT2D eigenvalue weighted by molar-refractivity contribution is 5.96. The van der Waals surface area contributed by atoms with Gasteiger partial charge in [-0.3, -0.25) is 14.2 Å². The molecule has 144 valence electrons. The molecule has 2 aromatic rings. The molecule has 8 nitrogen and oxygen atoms in total. The maximum Gasteiger partial charge on any atom is 0.291 e. The van der Waals surface area contributed by atoms with Crippen LogP contribution in [0.1, 0.15) is 49.2 Å². The van der Waals surface area contributed by atoms with Crippen LogP contribution in [0, 0.1) is 5.92 Å². The van der Waals surface area contributed by atoms with Gasteiger partial charge in [-0.1, -0.05) is 19.9 Å². The van der Waals surface area contributed by atoms with Crippen LogP contribution in [0.15, 0.2) is 16.9 Å². The Morgan fingerprint density at radius 1 is 1.44 bits per heavy atom. The van der Waals surface area contributed by atoms with Gasteiger partial charge in [-0.05, 0) is 37.3 Å². The normalized spacial score (nSPS) is 17.4. The molecule has 2 aliphatic rings. The van der Waals surface area contributed by atoms with Gasteiger partial charge in [0, 0.05) is 25.2 Å². The van der Waals surface area contributed by atoms with Crippen molar-refractivity contribution >= 4 is 17.1 Å². The zero-order valence-corrected chi connectivity index (χ0v) is 15.7. The van der Waals surface area contributed by atoms with Gasteiger partial charge in [-0.15, -0.1) is 0 Å². The number of nitrogens with one attached hydrogen (secondary N) is 2. The molecule has 0 unspecified atom stereocenters. The molecule has 0 radical (unpaired) electrons. The van der Waals surface area contributed by atoms with Crippen molar-refractivity contribution in [2.24, 2.45) is 5.92 Å². The van der Waals surface area contributed by atoms with Crippen molar-refractivity contribution in [2.75, 3.05) is 13.1 Å². The lowest BCUT2D eigenvalue weighted by atomic mass is 10.1. The Hall–Kier alpha value is -2.61. The number of carbonyl (C=O) groups excluding carboxylic acids is 1. The summed E-state index contributed by atoms with van der Waals surface area (Å²) >= 11 is 0. The third kappa shape index (κ3) is 3.37. The third-order valence-electron chi connectivity index (χ3n) is 4.90. The predicted octanol–water partition coefficient (Wildman–Crippen LogP) is 1.13. The van der Waals surface area contributed by atoms with Crippen molar-refractivity contribution in [1.29, 1.82) is 0 Å². The minimum Gasteiger partial charge on any atom is -0.494 e. The number of amides is 1. The lowest BCUT2D eigenvalue weighted by molar-refractivity contribution is 0.0944. The zero-order valence-electron chi connectivity index (χ0n) is 15.7. The van der Waals surface area contributed by atoms with Crippen LogP contribution in [0.4, 0.5) is 0 Å². The first-order chi connectivity index (χ1) is 13.0. The van der Waals surface area contributed by atoms with Gasteiger partial charge in [0.05, 0.1) is 5.69 Å². The van der Waals surface area contributed by atoms with Crippen molar-refractivity contribution in [2.45, 2.75) is 45.7 Å². The number of nitrogens with zero attached hydrogens (tertiary/aromatic N) is 3. The van der Waals surface area contributed by atoms with E-state index in [1.165, 1.54) is 4.52 Å². The summed E-state index contributed by atoms with van der Waals surface area (Å²) in [5.74, 6) is -0.605. The van der Waals surface area contributed by atoms with Crippen LogP contribution in [0.5, 0.6) is 5.88 Å². The molecule has 3 N–H and O–H groups in total. The molecule has 0 spiro atoms. The fourth-order valence-electron chi connectivity index (χ4n) is 3.38. The van der Waals surface area contributed by atoms with E-state index in [-0.39, 0.29) is 23.4 Å². The molecule has 1 aliphatic heterocycles. The second kappa shape index (κ2) is 6.84. The highest BCUT2D eigenvalue weighted by Gasteiger charge is 2.29. The van der Waals surface area contributed by atoms with Gasteiger partial charge in [0.15, 0.2) is 5.56 Å². The summed E-state index contributed by atoms with van der Waals surface area (Å²) < 4.78 is 2.86. The van der Waals surface area contributed by atoms with Gasteiger partial charge < -0.3 is 15.7 Å². The average molecular weight is 371 g/mol. The number of hydrogen-bond donors (Lipinski definition) is 3. The molecule has 0 atom stereocenters. The smallest absolute Gasteiger partial charge is 0.291 e. The molecular formula is C19H25N5O3. The zero-order chi connectivity index (χ0) is 19.1. The predicted molar refractivity (Wildman–Crippen MR) is 102 cm³/mol. The SMILES string of the molecule is CC(C)Cn1c(O)c(C(=O)NC2CC2)c(=O)n2nc(C3=CCCNC3)cc12. The third-order valence-corrected chi connectivity index (χ3v) is 4.90. The van der Waals surface area contributed by atoms with Gasteiger partial charge >= 0.3 is 0 Å². The minimum absolute atomic E-state index is 0.0946. The van der Waals surface area contributed by atoms with Crippen molar-refractivity contribution in [3.05, 3.63) is 33.8 Å². The van der Waals surface area contributed by atoms with Crippen molar-refractivity contribution in [3.8, 4) is 5.88 Å². The van der Waals surface area contributed by atoms with E-state index in [1.54, 1.807) is 4.57 Å². The van der Waals surface area contributed by atoms with E-state index in [1.807, 2.05) is 19.9 Å². The summed E-state index contributed by atoms with van der Waals surface area (Å²) in [5, 5.41) is 21.3. The Kier molecular flexibility index (Phi) is 4.51. The van der Waals surface area contributed by atoms with Gasteiger partial charge in [-0.2, -0.15) is 9.61 Å². The van der Waals surface area contributed by atoms with Gasteiger partial charge in [0.25, 0.3) is 11.5 Å². The first-order valence-electron chi connectivity index (χ1n) is 9.52. The lowest BCUT2D eigenvalue weighted by Gasteiger charge is -2.16. The summed E-state index contributed by atoms with van der Waals surface area (Å²) in [6.07, 6.45) is 4.82. The van der Waals surface area contributed by atoms with Crippen molar-refractivity contribution in [1.82, 2.24) is 24.8 Å². The number of carbonyl (C=O) groups is 1. The fraction of sp³-hybridized carbons (Fsp3) is 0.526. The van der Waals surface area contributed by atoms with Crippen molar-refractivity contribution < 1.29 is 9.90 Å². The topological polar surface area (TPSA) is 101 Å². The quantitative estimate of drug-likeness (QED) is 0.731. The van der Waals surface area contributed by atoms with Crippen molar-refractivity contribution in [3.63, 3.8) is 0 Å². The van der Waals surface area contributed by atoms with Crippen LogP contribution in [-0.2, 0) is 6.54 Å². The molecule has 2 aromatic heterocycles. The van der Waals surface area contributed by atoms with Gasteiger partial charge in [0.2, 0.25) is 5.88 Å². The second-order valence-corrected chi connectivity index (χ2v) is 7.75. The molecule has 27 heavy (non-hydrogen) atoms. The molecule has 0 aromatic carbocycles. The highest BCUT2D eigenvalue weighted by atomic mass is 16.3. The maximum atomic E-state index is 13.0. The number of hydrogen-bond acceptors (Lipinski definition) is 5. The maximum absolute atomic E-state index is 13.0. The Morgan fingerprint density at radius 3 is 2.85 bits per heavy atom. The molecule has 1 aliphatic carbocycles. The Balaban J connectivity index is 1.89. The van der Waals surface area contributed by atoms with E-state index < -0.39 is 11.5 Å². The summed E-state index contributed by atoms with van der Waals surface area (Å²) in [7, 11) is 0. The van der Waals surface area contributed by atoms with E-state index in [0.29, 0.717) is 24.4 Å². The lowest BCUT2D eigenvalue weighted by Crippen LogP contribution is -2.34. The Labute approximate surface area is 156 Å². The molecule has 0 bridgehead atoms. The van der Waals surface area contributed by atoms with Crippen LogP contribution in [-0.4, -0.2) is 44.3 Å². The number of rotatable bonds is 5. The second-order valence-electron chi connectivity index (χ2n) is 7.75. The van der Waals surface area contributed by atoms with Crippen LogP contribution >= 0.6 is 0 Å². The molecule has 4 rings (SSSR count). The molecule has 1 saturated carbocycles. The molecule has 0 saturated heterocycles. The molecule has 1 fully saturated rings. The standard InChI is InChI=1S/C19H25N5O3/c1-11(2)10-23-15-8-14(12-4-3-7-20-9-12)22-24(15)19(27)16(18(23)26)17(25)21-13-5-6-13/h4,8,11,13,20,26H,3,5-7,9-10H2,1-2H3,(H,21,25). The van der Waals surface area contributed by atoms with E-state index in [9.17, 15) is 14.7 Å². The van der Waals surface area contributed by atoms with E-state index in [2.05, 4.69) is 21.8 Å². The van der Waals surface area contributed by atoms with E-state index >= 15 is 0 Å². The summed E-state index contributed by atoms with van der Waals surface area (Å²) in [6.45, 7) is 6.11. The van der Waals surface area contributed by atoms with Crippen LogP contribution in [0.2, 0.25) is 0 Å². The van der Waals surface area contributed by atoms with Crippen LogP contribution in [0.3, 0.4) is 0 Å². The monoisotopic (exact) mass is 371 g/mol. The molecule has 8 heteroatoms. The number of aromatic nitrogens is 3. The van der Waals surface area contributed by atoms with Crippen LogP contribution in [0.25, 0.3) is 11.2 Å².